The van der Waals surface area contributed by atoms with Gasteiger partial charge in [0.1, 0.15) is 11.6 Å². The van der Waals surface area contributed by atoms with E-state index in [-0.39, 0.29) is 30.9 Å². The van der Waals surface area contributed by atoms with Crippen LogP contribution >= 0.6 is 0 Å². The maximum absolute atomic E-state index is 13.5. The van der Waals surface area contributed by atoms with Crippen molar-refractivity contribution in [2.75, 3.05) is 6.50 Å². The minimum Gasteiger partial charge on any atom is -0.449 e. The van der Waals surface area contributed by atoms with Gasteiger partial charge >= 0.3 is 0 Å². The second kappa shape index (κ2) is 11.4. The van der Waals surface area contributed by atoms with Crippen LogP contribution in [0, 0.1) is 5.92 Å². The molecular weight excluding hydrogens is 510 g/mol. The van der Waals surface area contributed by atoms with E-state index in [2.05, 4.69) is 20.6 Å². The zero-order valence-corrected chi connectivity index (χ0v) is 22.0. The average Bonchev–Trinajstić information content (AvgIpc) is 3.33. The van der Waals surface area contributed by atoms with E-state index in [1.54, 1.807) is 12.1 Å². The van der Waals surface area contributed by atoms with Crippen LogP contribution in [-0.2, 0) is 19.6 Å². The predicted molar refractivity (Wildman–Crippen MR) is 138 cm³/mol. The summed E-state index contributed by atoms with van der Waals surface area (Å²) in [5.41, 5.74) is 0.816. The van der Waals surface area contributed by atoms with Crippen molar-refractivity contribution < 1.29 is 31.3 Å². The summed E-state index contributed by atoms with van der Waals surface area (Å²) in [5.74, 6) is -3.26. The number of fused-ring (bicyclic) bond motifs is 1. The first-order chi connectivity index (χ1) is 19.2. The summed E-state index contributed by atoms with van der Waals surface area (Å²) < 4.78 is 58.6. The number of carbonyl (C=O) groups excluding carboxylic acids is 3. The molecule has 4 heterocycles. The van der Waals surface area contributed by atoms with Gasteiger partial charge in [-0.2, -0.15) is 4.31 Å². The molecule has 12 heteroatoms. The summed E-state index contributed by atoms with van der Waals surface area (Å²) in [6.07, 6.45) is 2.41. The minimum atomic E-state index is -4.59. The van der Waals surface area contributed by atoms with Gasteiger partial charge in [0, 0.05) is 24.5 Å². The Balaban J connectivity index is 1.59. The first kappa shape index (κ1) is 23.5. The van der Waals surface area contributed by atoms with E-state index in [4.69, 9.17) is 8.53 Å². The van der Waals surface area contributed by atoms with Crippen molar-refractivity contribution in [3.8, 4) is 0 Å². The average molecular weight is 545 g/mol. The quantitative estimate of drug-likeness (QED) is 0.438. The smallest absolute Gasteiger partial charge is 0.287 e. The van der Waals surface area contributed by atoms with E-state index in [0.717, 1.165) is 0 Å². The van der Waals surface area contributed by atoms with Gasteiger partial charge in [-0.3, -0.25) is 19.4 Å². The number of nitrogens with one attached hydrogen (secondary N) is 2. The number of hydrogen-bond acceptors (Lipinski definition) is 8. The summed E-state index contributed by atoms with van der Waals surface area (Å²) in [4.78, 5) is 47.9. The molecule has 38 heavy (non-hydrogen) atoms. The van der Waals surface area contributed by atoms with Crippen LogP contribution in [0.1, 0.15) is 54.7 Å². The molecule has 0 aliphatic carbocycles. The molecule has 1 aliphatic heterocycles. The summed E-state index contributed by atoms with van der Waals surface area (Å²) in [6, 6.07) is 4.01. The number of ketones is 1. The molecule has 3 aromatic heterocycles. The summed E-state index contributed by atoms with van der Waals surface area (Å²) in [5, 5.41) is 4.42. The van der Waals surface area contributed by atoms with E-state index in [9.17, 15) is 22.8 Å². The van der Waals surface area contributed by atoms with E-state index in [1.165, 1.54) is 43.6 Å². The molecule has 1 aliphatic rings. The molecule has 11 nitrogen and oxygen atoms in total. The first-order valence-electron chi connectivity index (χ1n) is 13.6. The topological polar surface area (TPSA) is 152 Å². The Morgan fingerprint density at radius 2 is 1.97 bits per heavy atom. The van der Waals surface area contributed by atoms with Gasteiger partial charge in [0.15, 0.2) is 22.2 Å². The molecule has 1 fully saturated rings. The van der Waals surface area contributed by atoms with Crippen molar-refractivity contribution in [1.82, 2.24) is 24.9 Å². The molecule has 0 bridgehead atoms. The lowest BCUT2D eigenvalue weighted by atomic mass is 10.0. The number of aromatic nitrogens is 2. The maximum atomic E-state index is 13.5. The summed E-state index contributed by atoms with van der Waals surface area (Å²) in [7, 11) is -4.59. The highest BCUT2D eigenvalue weighted by atomic mass is 32.2. The highest BCUT2D eigenvalue weighted by Crippen LogP contribution is 2.23. The van der Waals surface area contributed by atoms with Crippen LogP contribution in [-0.4, -0.2) is 64.9 Å². The Hall–Kier alpha value is -3.64. The predicted octanol–water partition coefficient (Wildman–Crippen LogP) is 2.29. The Bertz CT molecular complexity index is 1530. The first-order valence-corrected chi connectivity index (χ1v) is 13.6. The van der Waals surface area contributed by atoms with Crippen molar-refractivity contribution in [2.24, 2.45) is 5.92 Å². The molecule has 202 valence electrons. The van der Waals surface area contributed by atoms with Crippen molar-refractivity contribution >= 4 is 38.7 Å². The van der Waals surface area contributed by atoms with Gasteiger partial charge < -0.3 is 15.1 Å². The van der Waals surface area contributed by atoms with Gasteiger partial charge in [-0.05, 0) is 56.4 Å². The molecular formula is C26H31N5O6S. The van der Waals surface area contributed by atoms with Crippen LogP contribution in [0.2, 0.25) is 0 Å². The van der Waals surface area contributed by atoms with Crippen LogP contribution in [0.15, 0.2) is 58.2 Å². The second-order valence-electron chi connectivity index (χ2n) is 9.42. The molecule has 4 rings (SSSR count). The fraction of sp³-hybridized carbons (Fsp3) is 0.423. The normalized spacial score (nSPS) is 24.2. The number of hydrogen-bond donors (Lipinski definition) is 2. The number of pyridine rings is 2. The Morgan fingerprint density at radius 1 is 1.21 bits per heavy atom. The van der Waals surface area contributed by atoms with Crippen LogP contribution in [0.5, 0.6) is 0 Å². The molecule has 0 aromatic carbocycles. The van der Waals surface area contributed by atoms with Crippen LogP contribution in [0.25, 0.3) is 11.1 Å². The SMILES string of the molecule is [2H]C1([2H])C(=O)[C@@]([2H])(NC(=O)[C@H](CC(C)C)NC(=O)c2cc3ncccc3o2)CC[C@@H](C)N1S(=O)(=O)c1ccccn1. The van der Waals surface area contributed by atoms with Crippen molar-refractivity contribution in [3.05, 3.63) is 54.6 Å². The fourth-order valence-corrected chi connectivity index (χ4v) is 5.46. The zero-order chi connectivity index (χ0) is 30.2. The highest BCUT2D eigenvalue weighted by molar-refractivity contribution is 7.89. The number of rotatable bonds is 8. The van der Waals surface area contributed by atoms with Crippen molar-refractivity contribution in [3.63, 3.8) is 0 Å². The van der Waals surface area contributed by atoms with E-state index in [1.807, 2.05) is 13.8 Å². The molecule has 2 amide bonds. The van der Waals surface area contributed by atoms with Crippen molar-refractivity contribution in [1.29, 1.82) is 0 Å². The Morgan fingerprint density at radius 3 is 2.66 bits per heavy atom. The summed E-state index contributed by atoms with van der Waals surface area (Å²) >= 11 is 0. The lowest BCUT2D eigenvalue weighted by molar-refractivity contribution is -0.129. The second-order valence-corrected chi connectivity index (χ2v) is 11.2. The van der Waals surface area contributed by atoms with Crippen LogP contribution in [0.3, 0.4) is 0 Å². The zero-order valence-electron chi connectivity index (χ0n) is 24.2. The van der Waals surface area contributed by atoms with Gasteiger partial charge in [0.25, 0.3) is 15.9 Å². The third-order valence-corrected chi connectivity index (χ3v) is 7.71. The van der Waals surface area contributed by atoms with E-state index >= 15 is 0 Å². The lowest BCUT2D eigenvalue weighted by Crippen LogP contribution is -2.52. The Kier molecular flexibility index (Phi) is 7.04. The maximum Gasteiger partial charge on any atom is 0.287 e. The van der Waals surface area contributed by atoms with E-state index in [0.29, 0.717) is 15.4 Å². The third kappa shape index (κ3) is 6.08. The van der Waals surface area contributed by atoms with Gasteiger partial charge in [-0.25, -0.2) is 13.4 Å². The summed E-state index contributed by atoms with van der Waals surface area (Å²) in [6.45, 7) is 1.85. The van der Waals surface area contributed by atoms with Crippen LogP contribution in [0.4, 0.5) is 0 Å². The largest absolute Gasteiger partial charge is 0.449 e. The number of nitrogens with zero attached hydrogens (tertiary/aromatic N) is 3. The van der Waals surface area contributed by atoms with Gasteiger partial charge in [-0.15, -0.1) is 0 Å². The minimum absolute atomic E-state index is 0.0908. The standard InChI is InChI=1S/C26H31N5O6S/c1-16(2)13-20(30-26(34)23-14-19-22(37-23)7-6-12-27-19)25(33)29-18-10-9-17(3)31(15-21(18)32)38(35,36)24-8-4-5-11-28-24/h4-8,11-12,14,16-18,20H,9-10,13,15H2,1-3H3,(H,29,33)(H,30,34)/t17-,18+,20+/m1/s1/i15D2,18D. The number of carbonyl (C=O) groups is 3. The third-order valence-electron chi connectivity index (χ3n) is 5.97. The molecule has 0 unspecified atom stereocenters. The number of sulfonamides is 1. The molecule has 0 spiro atoms. The van der Waals surface area contributed by atoms with Gasteiger partial charge in [-0.1, -0.05) is 19.9 Å². The lowest BCUT2D eigenvalue weighted by Gasteiger charge is -2.25. The monoisotopic (exact) mass is 544 g/mol. The van der Waals surface area contributed by atoms with Gasteiger partial charge in [0.2, 0.25) is 5.91 Å². The van der Waals surface area contributed by atoms with Gasteiger partial charge in [0.05, 0.1) is 16.6 Å². The molecule has 3 atom stereocenters. The fourth-order valence-electron chi connectivity index (χ4n) is 4.03. The number of furan rings is 1. The Labute approximate surface area is 225 Å². The number of Topliss-reactive ketones (excluding diaryl/α,β-unsaturated/α-hetero) is 1. The van der Waals surface area contributed by atoms with E-state index < -0.39 is 57.2 Å². The highest BCUT2D eigenvalue weighted by Gasteiger charge is 2.38. The number of amides is 2. The molecule has 0 radical (unpaired) electrons. The molecule has 3 aromatic rings. The van der Waals surface area contributed by atoms with Crippen molar-refractivity contribution in [2.45, 2.75) is 63.2 Å². The molecule has 1 saturated heterocycles. The molecule has 2 N–H and O–H groups in total. The molecule has 0 saturated carbocycles. The van der Waals surface area contributed by atoms with Crippen LogP contribution < -0.4 is 10.6 Å².